The lowest BCUT2D eigenvalue weighted by Crippen LogP contribution is -2.29. The summed E-state index contributed by atoms with van der Waals surface area (Å²) in [6, 6.07) is 17.2. The summed E-state index contributed by atoms with van der Waals surface area (Å²) in [7, 11) is 1.52. The molecule has 1 heterocycles. The second kappa shape index (κ2) is 10.6. The zero-order chi connectivity index (χ0) is 25.1. The second-order valence-electron chi connectivity index (χ2n) is 7.59. The summed E-state index contributed by atoms with van der Waals surface area (Å²) in [5.41, 5.74) is 2.56. The van der Waals surface area contributed by atoms with Crippen molar-refractivity contribution in [2.75, 3.05) is 7.11 Å². The molecular formula is C26H19BrCl2N2O4. The first kappa shape index (κ1) is 25.0. The number of benzene rings is 3. The number of methoxy groups -OCH3 is 1. The van der Waals surface area contributed by atoms with Crippen molar-refractivity contribution in [3.8, 4) is 11.5 Å². The van der Waals surface area contributed by atoms with Crippen molar-refractivity contribution >= 4 is 62.7 Å². The molecule has 35 heavy (non-hydrogen) atoms. The lowest BCUT2D eigenvalue weighted by atomic mass is 10.1. The van der Waals surface area contributed by atoms with Crippen LogP contribution in [0.4, 0.5) is 0 Å². The van der Waals surface area contributed by atoms with Crippen molar-refractivity contribution < 1.29 is 19.1 Å². The minimum absolute atomic E-state index is 0.201. The van der Waals surface area contributed by atoms with Crippen LogP contribution in [0, 0.1) is 0 Å². The molecule has 0 N–H and O–H groups in total. The molecule has 2 amide bonds. The number of nitrogens with zero attached hydrogens (tertiary/aromatic N) is 2. The van der Waals surface area contributed by atoms with Gasteiger partial charge in [0.05, 0.1) is 22.9 Å². The van der Waals surface area contributed by atoms with Crippen LogP contribution in [0.5, 0.6) is 11.5 Å². The Morgan fingerprint density at radius 1 is 1.11 bits per heavy atom. The molecule has 0 bridgehead atoms. The van der Waals surface area contributed by atoms with Crippen LogP contribution >= 0.6 is 39.1 Å². The van der Waals surface area contributed by atoms with Crippen molar-refractivity contribution in [2.24, 2.45) is 5.10 Å². The van der Waals surface area contributed by atoms with Gasteiger partial charge in [-0.25, -0.2) is 0 Å². The number of rotatable bonds is 6. The zero-order valence-corrected chi connectivity index (χ0v) is 21.8. The highest BCUT2D eigenvalue weighted by atomic mass is 79.9. The van der Waals surface area contributed by atoms with Crippen molar-refractivity contribution in [3.63, 3.8) is 0 Å². The number of ether oxygens (including phenoxy) is 2. The third kappa shape index (κ3) is 5.42. The summed E-state index contributed by atoms with van der Waals surface area (Å²) < 4.78 is 12.1. The maximum atomic E-state index is 13.0. The lowest BCUT2D eigenvalue weighted by Gasteiger charge is -2.14. The van der Waals surface area contributed by atoms with Crippen molar-refractivity contribution in [2.45, 2.75) is 13.5 Å². The van der Waals surface area contributed by atoms with Gasteiger partial charge in [-0.1, -0.05) is 47.5 Å². The number of hydrazone groups is 1. The van der Waals surface area contributed by atoms with Crippen LogP contribution in [0.25, 0.3) is 6.08 Å². The Morgan fingerprint density at radius 2 is 1.86 bits per heavy atom. The Morgan fingerprint density at radius 3 is 2.54 bits per heavy atom. The standard InChI is InChI=1S/C26H19BrCl2N2O4/c1-15-20(26(33)31(30-15)25(32)17-6-4-3-5-7-17)10-16-11-21(27)24(23(12-16)34-2)35-14-18-8-9-19(28)13-22(18)29/h3-13H,14H2,1-2H3/b20-10+. The first-order chi connectivity index (χ1) is 16.8. The molecule has 3 aromatic rings. The van der Waals surface area contributed by atoms with Crippen LogP contribution in [0.2, 0.25) is 10.0 Å². The molecule has 1 aliphatic rings. The van der Waals surface area contributed by atoms with Gasteiger partial charge in [0.1, 0.15) is 6.61 Å². The molecule has 4 rings (SSSR count). The lowest BCUT2D eigenvalue weighted by molar-refractivity contribution is -0.123. The number of hydrogen-bond acceptors (Lipinski definition) is 5. The third-order valence-electron chi connectivity index (χ3n) is 5.23. The smallest absolute Gasteiger partial charge is 0.283 e. The minimum atomic E-state index is -0.496. The SMILES string of the molecule is COc1cc(/C=C2/C(=O)N(C(=O)c3ccccc3)N=C2C)cc(Br)c1OCc1ccc(Cl)cc1Cl. The molecule has 6 nitrogen and oxygen atoms in total. The Bertz CT molecular complexity index is 1370. The minimum Gasteiger partial charge on any atom is -0.493 e. The molecule has 3 aromatic carbocycles. The van der Waals surface area contributed by atoms with Crippen molar-refractivity contribution in [1.29, 1.82) is 0 Å². The van der Waals surface area contributed by atoms with Crippen LogP contribution < -0.4 is 9.47 Å². The molecule has 178 valence electrons. The highest BCUT2D eigenvalue weighted by molar-refractivity contribution is 9.10. The second-order valence-corrected chi connectivity index (χ2v) is 9.29. The topological polar surface area (TPSA) is 68.2 Å². The van der Waals surface area contributed by atoms with Crippen LogP contribution in [-0.2, 0) is 11.4 Å². The Kier molecular flexibility index (Phi) is 7.60. The molecule has 0 spiro atoms. The molecule has 0 saturated carbocycles. The van der Waals surface area contributed by atoms with Gasteiger partial charge in [-0.15, -0.1) is 0 Å². The van der Waals surface area contributed by atoms with Crippen LogP contribution in [0.1, 0.15) is 28.4 Å². The maximum Gasteiger partial charge on any atom is 0.283 e. The quantitative estimate of drug-likeness (QED) is 0.241. The van der Waals surface area contributed by atoms with E-state index in [1.807, 2.05) is 0 Å². The summed E-state index contributed by atoms with van der Waals surface area (Å²) in [4.78, 5) is 25.7. The van der Waals surface area contributed by atoms with Gasteiger partial charge >= 0.3 is 0 Å². The van der Waals surface area contributed by atoms with Crippen molar-refractivity contribution in [1.82, 2.24) is 5.01 Å². The molecule has 0 saturated heterocycles. The fraction of sp³-hybridized carbons (Fsp3) is 0.115. The normalized spacial score (nSPS) is 14.3. The molecule has 0 atom stereocenters. The monoisotopic (exact) mass is 572 g/mol. The number of imide groups is 1. The molecule has 1 aliphatic heterocycles. The summed E-state index contributed by atoms with van der Waals surface area (Å²) in [5, 5.41) is 6.10. The first-order valence-electron chi connectivity index (χ1n) is 10.4. The van der Waals surface area contributed by atoms with Crippen LogP contribution in [0.15, 0.2) is 75.8 Å². The zero-order valence-electron chi connectivity index (χ0n) is 18.7. The summed E-state index contributed by atoms with van der Waals surface area (Å²) >= 11 is 15.7. The molecule has 9 heteroatoms. The van der Waals surface area contributed by atoms with Gasteiger partial charge in [0, 0.05) is 21.2 Å². The highest BCUT2D eigenvalue weighted by Gasteiger charge is 2.33. The van der Waals surface area contributed by atoms with E-state index in [0.717, 1.165) is 10.6 Å². The van der Waals surface area contributed by atoms with Crippen LogP contribution in [-0.4, -0.2) is 29.6 Å². The molecular weight excluding hydrogens is 555 g/mol. The molecule has 0 fully saturated rings. The molecule has 0 radical (unpaired) electrons. The molecule has 0 unspecified atom stereocenters. The van der Waals surface area contributed by atoms with E-state index in [9.17, 15) is 9.59 Å². The maximum absolute atomic E-state index is 13.0. The fourth-order valence-corrected chi connectivity index (χ4v) is 4.48. The number of halogens is 3. The Labute approximate surface area is 220 Å². The first-order valence-corrected chi connectivity index (χ1v) is 12.0. The molecule has 0 aliphatic carbocycles. The van der Waals surface area contributed by atoms with E-state index in [0.29, 0.717) is 48.4 Å². The van der Waals surface area contributed by atoms with E-state index >= 15 is 0 Å². The van der Waals surface area contributed by atoms with E-state index in [2.05, 4.69) is 21.0 Å². The van der Waals surface area contributed by atoms with Gasteiger partial charge in [-0.3, -0.25) is 9.59 Å². The Hall–Kier alpha value is -3.13. The van der Waals surface area contributed by atoms with E-state index in [4.69, 9.17) is 32.7 Å². The van der Waals surface area contributed by atoms with E-state index in [-0.39, 0.29) is 6.61 Å². The van der Waals surface area contributed by atoms with Gasteiger partial charge < -0.3 is 9.47 Å². The average molecular weight is 574 g/mol. The summed E-state index contributed by atoms with van der Waals surface area (Å²) in [6.45, 7) is 1.88. The fourth-order valence-electron chi connectivity index (χ4n) is 3.44. The predicted octanol–water partition coefficient (Wildman–Crippen LogP) is 6.79. The number of amides is 2. The third-order valence-corrected chi connectivity index (χ3v) is 6.40. The van der Waals surface area contributed by atoms with E-state index in [1.165, 1.54) is 7.11 Å². The van der Waals surface area contributed by atoms with Gasteiger partial charge in [0.15, 0.2) is 11.5 Å². The number of carbonyl (C=O) groups is 2. The number of carbonyl (C=O) groups excluding carboxylic acids is 2. The average Bonchev–Trinajstić information content (AvgIpc) is 3.12. The summed E-state index contributed by atoms with van der Waals surface area (Å²) in [5.74, 6) is -0.0517. The van der Waals surface area contributed by atoms with Gasteiger partial charge in [-0.2, -0.15) is 10.1 Å². The Balaban J connectivity index is 1.58. The predicted molar refractivity (Wildman–Crippen MR) is 140 cm³/mol. The highest BCUT2D eigenvalue weighted by Crippen LogP contribution is 2.38. The van der Waals surface area contributed by atoms with Crippen LogP contribution in [0.3, 0.4) is 0 Å². The molecule has 0 aromatic heterocycles. The number of hydrogen-bond donors (Lipinski definition) is 0. The van der Waals surface area contributed by atoms with Gasteiger partial charge in [0.25, 0.3) is 11.8 Å². The largest absolute Gasteiger partial charge is 0.493 e. The van der Waals surface area contributed by atoms with Gasteiger partial charge in [-0.05, 0) is 70.9 Å². The summed E-state index contributed by atoms with van der Waals surface area (Å²) in [6.07, 6.45) is 1.66. The van der Waals surface area contributed by atoms with Crippen molar-refractivity contribution in [3.05, 3.63) is 97.4 Å². The van der Waals surface area contributed by atoms with Gasteiger partial charge in [0.2, 0.25) is 0 Å². The van der Waals surface area contributed by atoms with E-state index in [1.54, 1.807) is 73.7 Å². The van der Waals surface area contributed by atoms with E-state index < -0.39 is 11.8 Å².